The van der Waals surface area contributed by atoms with Gasteiger partial charge in [-0.05, 0) is 36.1 Å². The molecule has 6 rings (SSSR count). The minimum Gasteiger partial charge on any atom is -0.493 e. The fraction of sp³-hybridized carbons (Fsp3) is 0.200. The summed E-state index contributed by atoms with van der Waals surface area (Å²) in [4.78, 5) is 27.8. The number of carbonyl (C=O) groups excluding carboxylic acids is 1. The van der Waals surface area contributed by atoms with Gasteiger partial charge in [-0.1, -0.05) is 42.5 Å². The first-order valence-electron chi connectivity index (χ1n) is 11.0. The number of aromatic nitrogens is 2. The fourth-order valence-electron chi connectivity index (χ4n) is 5.26. The van der Waals surface area contributed by atoms with Gasteiger partial charge in [0.2, 0.25) is 5.88 Å². The lowest BCUT2D eigenvalue weighted by Crippen LogP contribution is -2.40. The summed E-state index contributed by atoms with van der Waals surface area (Å²) >= 11 is 0. The highest BCUT2D eigenvalue weighted by Crippen LogP contribution is 2.49. The molecule has 0 spiro atoms. The van der Waals surface area contributed by atoms with Gasteiger partial charge in [0, 0.05) is 17.6 Å². The van der Waals surface area contributed by atoms with Crippen molar-refractivity contribution in [1.29, 1.82) is 0 Å². The highest BCUT2D eigenvalue weighted by Gasteiger charge is 2.49. The molecule has 0 aliphatic carbocycles. The van der Waals surface area contributed by atoms with Crippen molar-refractivity contribution in [1.82, 2.24) is 14.0 Å². The third-order valence-electron chi connectivity index (χ3n) is 6.77. The molecule has 2 atom stereocenters. The smallest absolute Gasteiger partial charge is 0.416 e. The largest absolute Gasteiger partial charge is 0.493 e. The van der Waals surface area contributed by atoms with E-state index in [2.05, 4.69) is 5.32 Å². The third-order valence-corrected chi connectivity index (χ3v) is 6.77. The number of hydrogen-bond donors (Lipinski definition) is 2. The Morgan fingerprint density at radius 2 is 1.77 bits per heavy atom. The lowest BCUT2D eigenvalue weighted by molar-refractivity contribution is -0.137. The van der Waals surface area contributed by atoms with Crippen molar-refractivity contribution in [3.63, 3.8) is 0 Å². The first kappa shape index (κ1) is 21.3. The lowest BCUT2D eigenvalue weighted by atomic mass is 10.1. The number of benzene rings is 3. The van der Waals surface area contributed by atoms with E-state index >= 15 is 0 Å². The maximum Gasteiger partial charge on any atom is 0.416 e. The van der Waals surface area contributed by atoms with Crippen LogP contribution in [0.25, 0.3) is 16.5 Å². The molecule has 3 aromatic carbocycles. The highest BCUT2D eigenvalue weighted by atomic mass is 19.4. The number of amides is 2. The predicted octanol–water partition coefficient (Wildman–Crippen LogP) is 5.05. The Kier molecular flexibility index (Phi) is 4.51. The number of likely N-dealkylation sites (tertiary alicyclic amines) is 1. The Bertz CT molecular complexity index is 1550. The number of nitrogens with one attached hydrogen (secondary N) is 1. The Hall–Kier alpha value is -4.21. The van der Waals surface area contributed by atoms with Crippen molar-refractivity contribution in [3.8, 4) is 11.6 Å². The quantitative estimate of drug-likeness (QED) is 0.422. The van der Waals surface area contributed by atoms with Gasteiger partial charge in [0.25, 0.3) is 0 Å². The molecular weight excluding hydrogens is 461 g/mol. The number of imidazole rings is 1. The summed E-state index contributed by atoms with van der Waals surface area (Å²) in [6.07, 6.45) is -4.08. The van der Waals surface area contributed by atoms with Gasteiger partial charge in [-0.15, -0.1) is 0 Å². The molecule has 1 unspecified atom stereocenters. The van der Waals surface area contributed by atoms with Crippen LogP contribution >= 0.6 is 0 Å². The molecule has 2 bridgehead atoms. The number of nitrogens with zero attached hydrogens (tertiary/aromatic N) is 3. The van der Waals surface area contributed by atoms with E-state index in [4.69, 9.17) is 0 Å². The summed E-state index contributed by atoms with van der Waals surface area (Å²) in [5.74, 6) is -0.240. The molecule has 0 saturated carbocycles. The SMILES string of the molecule is O=C(Nc1cccc(C(F)(F)F)c1)N1C[C@H]2CC1c1c(O)n(-c3cccc4ccccc34)c(=O)n12. The van der Waals surface area contributed by atoms with E-state index < -0.39 is 23.8 Å². The number of halogens is 3. The van der Waals surface area contributed by atoms with Crippen LogP contribution in [0.15, 0.2) is 71.5 Å². The Morgan fingerprint density at radius 1 is 1.03 bits per heavy atom. The molecule has 1 saturated heterocycles. The van der Waals surface area contributed by atoms with Crippen molar-refractivity contribution in [2.45, 2.75) is 24.7 Å². The molecule has 1 fully saturated rings. The van der Waals surface area contributed by atoms with Crippen LogP contribution in [0.1, 0.15) is 29.8 Å². The molecule has 1 aromatic heterocycles. The minimum atomic E-state index is -4.53. The average Bonchev–Trinajstić information content (AvgIpc) is 3.50. The van der Waals surface area contributed by atoms with E-state index in [9.17, 15) is 27.9 Å². The Morgan fingerprint density at radius 3 is 2.57 bits per heavy atom. The van der Waals surface area contributed by atoms with Crippen molar-refractivity contribution in [2.75, 3.05) is 11.9 Å². The van der Waals surface area contributed by atoms with Crippen LogP contribution in [-0.2, 0) is 6.18 Å². The summed E-state index contributed by atoms with van der Waals surface area (Å²) < 4.78 is 41.9. The number of hydrogen-bond acceptors (Lipinski definition) is 3. The summed E-state index contributed by atoms with van der Waals surface area (Å²) in [6.45, 7) is 0.210. The molecule has 2 amide bonds. The van der Waals surface area contributed by atoms with E-state index in [1.54, 1.807) is 12.1 Å². The summed E-state index contributed by atoms with van der Waals surface area (Å²) in [5, 5.41) is 15.4. The summed E-state index contributed by atoms with van der Waals surface area (Å²) in [6, 6.07) is 15.9. The first-order chi connectivity index (χ1) is 16.7. The number of alkyl halides is 3. The van der Waals surface area contributed by atoms with Crippen molar-refractivity contribution < 1.29 is 23.1 Å². The van der Waals surface area contributed by atoms with Gasteiger partial charge >= 0.3 is 17.9 Å². The van der Waals surface area contributed by atoms with E-state index in [0.717, 1.165) is 22.9 Å². The number of carbonyl (C=O) groups is 1. The second-order valence-electron chi connectivity index (χ2n) is 8.76. The van der Waals surface area contributed by atoms with Gasteiger partial charge in [-0.25, -0.2) is 14.2 Å². The lowest BCUT2D eigenvalue weighted by Gasteiger charge is -2.28. The molecule has 0 radical (unpaired) electrons. The zero-order valence-electron chi connectivity index (χ0n) is 18.2. The number of urea groups is 1. The zero-order valence-corrected chi connectivity index (χ0v) is 18.2. The molecule has 178 valence electrons. The van der Waals surface area contributed by atoms with Crippen LogP contribution < -0.4 is 11.0 Å². The topological polar surface area (TPSA) is 79.5 Å². The summed E-state index contributed by atoms with van der Waals surface area (Å²) in [5.41, 5.74) is -0.371. The second kappa shape index (κ2) is 7.39. The second-order valence-corrected chi connectivity index (χ2v) is 8.76. The minimum absolute atomic E-state index is 0.0162. The molecule has 4 aromatic rings. The molecule has 7 nitrogen and oxygen atoms in total. The normalized spacial score (nSPS) is 18.8. The maximum atomic E-state index is 13.4. The van der Waals surface area contributed by atoms with Crippen LogP contribution in [0.3, 0.4) is 0 Å². The van der Waals surface area contributed by atoms with Gasteiger partial charge in [0.15, 0.2) is 0 Å². The van der Waals surface area contributed by atoms with Crippen molar-refractivity contribution in [2.24, 2.45) is 0 Å². The van der Waals surface area contributed by atoms with Crippen molar-refractivity contribution >= 4 is 22.5 Å². The standard InChI is InChI=1S/C25H19F3N4O3/c26-25(27,28)15-7-4-8-16(11-15)29-23(34)30-13-17-12-20(30)21-22(33)32(24(35)31(17)21)19-10-3-6-14-5-1-2-9-18(14)19/h1-11,17,20,33H,12-13H2,(H,29,34)/t17-,20?/m1/s1. The van der Waals surface area contributed by atoms with Crippen LogP contribution in [0.5, 0.6) is 5.88 Å². The van der Waals surface area contributed by atoms with Gasteiger partial charge in [-0.2, -0.15) is 13.2 Å². The molecule has 2 N–H and O–H groups in total. The Balaban J connectivity index is 1.35. The molecule has 2 aliphatic rings. The number of aromatic hydroxyl groups is 1. The molecular formula is C25H19F3N4O3. The first-order valence-corrected chi connectivity index (χ1v) is 11.0. The van der Waals surface area contributed by atoms with Crippen molar-refractivity contribution in [3.05, 3.63) is 88.5 Å². The number of fused-ring (bicyclic) bond motifs is 6. The summed E-state index contributed by atoms with van der Waals surface area (Å²) in [7, 11) is 0. The predicted molar refractivity (Wildman–Crippen MR) is 123 cm³/mol. The van der Waals surface area contributed by atoms with Crippen LogP contribution in [-0.4, -0.2) is 31.7 Å². The van der Waals surface area contributed by atoms with Gasteiger partial charge in [0.1, 0.15) is 5.69 Å². The molecule has 3 heterocycles. The monoisotopic (exact) mass is 480 g/mol. The number of anilines is 1. The zero-order chi connectivity index (χ0) is 24.5. The van der Waals surface area contributed by atoms with Crippen LogP contribution in [0.2, 0.25) is 0 Å². The number of rotatable bonds is 2. The van der Waals surface area contributed by atoms with E-state index in [0.29, 0.717) is 17.8 Å². The van der Waals surface area contributed by atoms with Crippen LogP contribution in [0, 0.1) is 0 Å². The fourth-order valence-corrected chi connectivity index (χ4v) is 5.26. The van der Waals surface area contributed by atoms with Gasteiger partial charge < -0.3 is 15.3 Å². The maximum absolute atomic E-state index is 13.4. The molecule has 35 heavy (non-hydrogen) atoms. The molecule has 10 heteroatoms. The van der Waals surface area contributed by atoms with Gasteiger partial charge in [-0.3, -0.25) is 4.57 Å². The third kappa shape index (κ3) is 3.20. The van der Waals surface area contributed by atoms with Crippen LogP contribution in [0.4, 0.5) is 23.7 Å². The Labute approximate surface area is 196 Å². The van der Waals surface area contributed by atoms with Gasteiger partial charge in [0.05, 0.1) is 23.3 Å². The average molecular weight is 480 g/mol. The molecule has 2 aliphatic heterocycles. The highest BCUT2D eigenvalue weighted by molar-refractivity contribution is 5.91. The van der Waals surface area contributed by atoms with E-state index in [-0.39, 0.29) is 29.8 Å². The van der Waals surface area contributed by atoms with E-state index in [1.165, 1.54) is 26.2 Å². The van der Waals surface area contributed by atoms with E-state index in [1.807, 2.05) is 30.3 Å².